The summed E-state index contributed by atoms with van der Waals surface area (Å²) in [6.07, 6.45) is 0. The number of amides is 1. The number of benzene rings is 3. The van der Waals surface area contributed by atoms with Crippen molar-refractivity contribution in [1.29, 1.82) is 0 Å². The molecule has 0 saturated carbocycles. The van der Waals surface area contributed by atoms with Gasteiger partial charge in [0.2, 0.25) is 0 Å². The zero-order valence-electron chi connectivity index (χ0n) is 15.9. The quantitative estimate of drug-likeness (QED) is 0.600. The van der Waals surface area contributed by atoms with Gasteiger partial charge in [-0.3, -0.25) is 4.79 Å². The smallest absolute Gasteiger partial charge is 0.251 e. The maximum atomic E-state index is 12.5. The van der Waals surface area contributed by atoms with Crippen LogP contribution in [0.2, 0.25) is 5.02 Å². The Morgan fingerprint density at radius 3 is 2.46 bits per heavy atom. The van der Waals surface area contributed by atoms with Crippen LogP contribution in [-0.2, 0) is 13.2 Å². The molecule has 3 aromatic carbocycles. The average molecular weight is 396 g/mol. The number of halogens is 1. The minimum absolute atomic E-state index is 0.158. The molecule has 144 valence electrons. The van der Waals surface area contributed by atoms with Crippen LogP contribution in [0.1, 0.15) is 27.0 Å². The SMILES string of the molecule is COc1ccc(C(=O)NCc2ccc(Cl)cc2)cc1COc1ccccc1C. The third kappa shape index (κ3) is 5.05. The van der Waals surface area contributed by atoms with Crippen molar-refractivity contribution >= 4 is 17.5 Å². The topological polar surface area (TPSA) is 47.6 Å². The van der Waals surface area contributed by atoms with Gasteiger partial charge in [-0.1, -0.05) is 41.9 Å². The van der Waals surface area contributed by atoms with Gasteiger partial charge in [-0.2, -0.15) is 0 Å². The van der Waals surface area contributed by atoms with Crippen molar-refractivity contribution in [3.05, 3.63) is 94.0 Å². The number of carbonyl (C=O) groups excluding carboxylic acids is 1. The Morgan fingerprint density at radius 2 is 1.75 bits per heavy atom. The molecule has 1 amide bonds. The standard InChI is InChI=1S/C23H22ClNO3/c1-16-5-3-4-6-21(16)28-15-19-13-18(9-12-22(19)27-2)23(26)25-14-17-7-10-20(24)11-8-17/h3-13H,14-15H2,1-2H3,(H,25,26). The van der Waals surface area contributed by atoms with Crippen molar-refractivity contribution in [2.24, 2.45) is 0 Å². The van der Waals surface area contributed by atoms with Gasteiger partial charge >= 0.3 is 0 Å². The number of carbonyl (C=O) groups is 1. The van der Waals surface area contributed by atoms with E-state index in [1.54, 1.807) is 37.4 Å². The molecule has 0 spiro atoms. The third-order valence-corrected chi connectivity index (χ3v) is 4.64. The average Bonchev–Trinajstić information content (AvgIpc) is 2.72. The van der Waals surface area contributed by atoms with E-state index in [-0.39, 0.29) is 5.91 Å². The minimum Gasteiger partial charge on any atom is -0.496 e. The number of ether oxygens (including phenoxy) is 2. The maximum Gasteiger partial charge on any atom is 0.251 e. The predicted molar refractivity (Wildman–Crippen MR) is 111 cm³/mol. The highest BCUT2D eigenvalue weighted by Gasteiger charge is 2.11. The second-order valence-corrected chi connectivity index (χ2v) is 6.83. The van der Waals surface area contributed by atoms with Crippen LogP contribution in [0, 0.1) is 6.92 Å². The van der Waals surface area contributed by atoms with E-state index in [1.165, 1.54) is 0 Å². The Labute approximate surface area is 170 Å². The predicted octanol–water partition coefficient (Wildman–Crippen LogP) is 5.17. The number of hydrogen-bond donors (Lipinski definition) is 1. The van der Waals surface area contributed by atoms with Crippen molar-refractivity contribution in [2.75, 3.05) is 7.11 Å². The summed E-state index contributed by atoms with van der Waals surface area (Å²) in [7, 11) is 1.60. The second kappa shape index (κ2) is 9.29. The summed E-state index contributed by atoms with van der Waals surface area (Å²) in [6, 6.07) is 20.5. The Kier molecular flexibility index (Phi) is 6.56. The van der Waals surface area contributed by atoms with Gasteiger partial charge in [-0.15, -0.1) is 0 Å². The van der Waals surface area contributed by atoms with Gasteiger partial charge in [0, 0.05) is 22.7 Å². The summed E-state index contributed by atoms with van der Waals surface area (Å²) in [5.41, 5.74) is 3.40. The van der Waals surface area contributed by atoms with Crippen LogP contribution in [0.5, 0.6) is 11.5 Å². The van der Waals surface area contributed by atoms with E-state index in [4.69, 9.17) is 21.1 Å². The first-order valence-electron chi connectivity index (χ1n) is 8.95. The Hall–Kier alpha value is -2.98. The fraction of sp³-hybridized carbons (Fsp3) is 0.174. The molecule has 0 aliphatic heterocycles. The van der Waals surface area contributed by atoms with Gasteiger partial charge in [0.1, 0.15) is 18.1 Å². The molecule has 0 fully saturated rings. The summed E-state index contributed by atoms with van der Waals surface area (Å²) in [6.45, 7) is 2.73. The van der Waals surface area contributed by atoms with Crippen LogP contribution in [-0.4, -0.2) is 13.0 Å². The van der Waals surface area contributed by atoms with Gasteiger partial charge in [0.15, 0.2) is 0 Å². The lowest BCUT2D eigenvalue weighted by Crippen LogP contribution is -2.23. The first-order chi connectivity index (χ1) is 13.6. The number of methoxy groups -OCH3 is 1. The minimum atomic E-state index is -0.158. The monoisotopic (exact) mass is 395 g/mol. The van der Waals surface area contributed by atoms with Crippen LogP contribution >= 0.6 is 11.6 Å². The van der Waals surface area contributed by atoms with E-state index < -0.39 is 0 Å². The van der Waals surface area contributed by atoms with Gasteiger partial charge in [-0.05, 0) is 54.4 Å². The van der Waals surface area contributed by atoms with Crippen LogP contribution in [0.15, 0.2) is 66.7 Å². The molecule has 3 aromatic rings. The van der Waals surface area contributed by atoms with Crippen molar-refractivity contribution in [1.82, 2.24) is 5.32 Å². The summed E-state index contributed by atoms with van der Waals surface area (Å²) < 4.78 is 11.3. The van der Waals surface area contributed by atoms with Crippen LogP contribution in [0.25, 0.3) is 0 Å². The highest BCUT2D eigenvalue weighted by Crippen LogP contribution is 2.24. The fourth-order valence-electron chi connectivity index (χ4n) is 2.79. The number of para-hydroxylation sites is 1. The van der Waals surface area contributed by atoms with Crippen LogP contribution < -0.4 is 14.8 Å². The zero-order valence-corrected chi connectivity index (χ0v) is 16.6. The molecule has 0 saturated heterocycles. The second-order valence-electron chi connectivity index (χ2n) is 6.39. The number of hydrogen-bond acceptors (Lipinski definition) is 3. The fourth-order valence-corrected chi connectivity index (χ4v) is 2.92. The third-order valence-electron chi connectivity index (χ3n) is 4.39. The molecule has 0 atom stereocenters. The number of aryl methyl sites for hydroxylation is 1. The first kappa shape index (κ1) is 19.8. The lowest BCUT2D eigenvalue weighted by atomic mass is 10.1. The number of nitrogens with one attached hydrogen (secondary N) is 1. The maximum absolute atomic E-state index is 12.5. The lowest BCUT2D eigenvalue weighted by molar-refractivity contribution is 0.0950. The van der Waals surface area contributed by atoms with E-state index in [9.17, 15) is 4.79 Å². The van der Waals surface area contributed by atoms with Crippen LogP contribution in [0.3, 0.4) is 0 Å². The Balaban J connectivity index is 1.69. The van der Waals surface area contributed by atoms with E-state index in [0.29, 0.717) is 29.5 Å². The van der Waals surface area contributed by atoms with Crippen molar-refractivity contribution in [2.45, 2.75) is 20.1 Å². The summed E-state index contributed by atoms with van der Waals surface area (Å²) in [4.78, 5) is 12.5. The molecule has 28 heavy (non-hydrogen) atoms. The molecule has 0 heterocycles. The number of rotatable bonds is 7. The van der Waals surface area contributed by atoms with Crippen molar-refractivity contribution in [3.8, 4) is 11.5 Å². The first-order valence-corrected chi connectivity index (χ1v) is 9.32. The van der Waals surface area contributed by atoms with Crippen LogP contribution in [0.4, 0.5) is 0 Å². The van der Waals surface area contributed by atoms with Crippen molar-refractivity contribution in [3.63, 3.8) is 0 Å². The largest absolute Gasteiger partial charge is 0.496 e. The molecule has 0 aliphatic rings. The Bertz CT molecular complexity index is 954. The summed E-state index contributed by atoms with van der Waals surface area (Å²) >= 11 is 5.89. The molecule has 0 aromatic heterocycles. The van der Waals surface area contributed by atoms with E-state index >= 15 is 0 Å². The highest BCUT2D eigenvalue weighted by atomic mass is 35.5. The normalized spacial score (nSPS) is 10.4. The lowest BCUT2D eigenvalue weighted by Gasteiger charge is -2.13. The van der Waals surface area contributed by atoms with E-state index in [0.717, 1.165) is 22.4 Å². The summed E-state index contributed by atoms with van der Waals surface area (Å²) in [5, 5.41) is 3.59. The summed E-state index contributed by atoms with van der Waals surface area (Å²) in [5.74, 6) is 1.33. The molecule has 0 unspecified atom stereocenters. The molecule has 3 rings (SSSR count). The zero-order chi connectivity index (χ0) is 19.9. The molecular weight excluding hydrogens is 374 g/mol. The molecule has 0 aliphatic carbocycles. The van der Waals surface area contributed by atoms with E-state index in [1.807, 2.05) is 43.3 Å². The van der Waals surface area contributed by atoms with E-state index in [2.05, 4.69) is 5.32 Å². The van der Waals surface area contributed by atoms with Gasteiger partial charge in [0.25, 0.3) is 5.91 Å². The molecule has 0 radical (unpaired) electrons. The molecule has 5 heteroatoms. The molecule has 1 N–H and O–H groups in total. The molecule has 4 nitrogen and oxygen atoms in total. The molecular formula is C23H22ClNO3. The van der Waals surface area contributed by atoms with Gasteiger partial charge < -0.3 is 14.8 Å². The van der Waals surface area contributed by atoms with Crippen molar-refractivity contribution < 1.29 is 14.3 Å². The highest BCUT2D eigenvalue weighted by molar-refractivity contribution is 6.30. The Morgan fingerprint density at radius 1 is 1.00 bits per heavy atom. The molecule has 0 bridgehead atoms. The van der Waals surface area contributed by atoms with Gasteiger partial charge in [0.05, 0.1) is 7.11 Å². The van der Waals surface area contributed by atoms with Gasteiger partial charge in [-0.25, -0.2) is 0 Å².